The van der Waals surface area contributed by atoms with Crippen molar-refractivity contribution < 1.29 is 9.53 Å². The highest BCUT2D eigenvalue weighted by Crippen LogP contribution is 2.35. The fraction of sp³-hybridized carbons (Fsp3) is 0.367. The monoisotopic (exact) mass is 456 g/mol. The molecule has 1 aliphatic heterocycles. The molecule has 1 heterocycles. The van der Waals surface area contributed by atoms with Gasteiger partial charge in [-0.3, -0.25) is 9.69 Å². The number of hydrogen-bond acceptors (Lipinski definition) is 3. The molecule has 4 heteroatoms. The zero-order chi connectivity index (χ0) is 24.3. The van der Waals surface area contributed by atoms with E-state index in [1.54, 1.807) is 7.11 Å². The van der Waals surface area contributed by atoms with Crippen molar-refractivity contribution in [2.45, 2.75) is 51.2 Å². The summed E-state index contributed by atoms with van der Waals surface area (Å²) in [4.78, 5) is 18.0. The molecule has 0 N–H and O–H groups in total. The number of carbonyl (C=O) groups is 1. The Hall–Kier alpha value is -3.11. The van der Waals surface area contributed by atoms with Gasteiger partial charge in [-0.2, -0.15) is 0 Å². The lowest BCUT2D eigenvalue weighted by atomic mass is 9.86. The molecule has 1 amide bonds. The van der Waals surface area contributed by atoms with Gasteiger partial charge in [0.25, 0.3) is 0 Å². The summed E-state index contributed by atoms with van der Waals surface area (Å²) in [6, 6.07) is 27.1. The van der Waals surface area contributed by atoms with Crippen molar-refractivity contribution in [2.24, 2.45) is 0 Å². The zero-order valence-corrected chi connectivity index (χ0v) is 21.0. The molecule has 3 aromatic carbocycles. The molecule has 2 unspecified atom stereocenters. The summed E-state index contributed by atoms with van der Waals surface area (Å²) in [5.41, 5.74) is 4.94. The van der Waals surface area contributed by atoms with Crippen LogP contribution in [0.1, 0.15) is 49.2 Å². The number of likely N-dealkylation sites (N-methyl/N-ethyl adjacent to an activating group) is 1. The van der Waals surface area contributed by atoms with Crippen molar-refractivity contribution in [1.82, 2.24) is 9.80 Å². The number of methoxy groups -OCH3 is 1. The maximum atomic E-state index is 13.7. The third-order valence-corrected chi connectivity index (χ3v) is 6.89. The van der Waals surface area contributed by atoms with Gasteiger partial charge in [-0.05, 0) is 59.7 Å². The van der Waals surface area contributed by atoms with E-state index in [0.29, 0.717) is 13.0 Å². The number of nitrogens with zero attached hydrogens (tertiary/aromatic N) is 2. The topological polar surface area (TPSA) is 32.8 Å². The number of ether oxygens (including phenoxy) is 1. The second kappa shape index (κ2) is 10.0. The summed E-state index contributed by atoms with van der Waals surface area (Å²) in [7, 11) is 3.76. The summed E-state index contributed by atoms with van der Waals surface area (Å²) >= 11 is 0. The maximum absolute atomic E-state index is 13.7. The largest absolute Gasteiger partial charge is 0.497 e. The van der Waals surface area contributed by atoms with Crippen LogP contribution in [0.15, 0.2) is 78.9 Å². The van der Waals surface area contributed by atoms with Crippen LogP contribution in [0.25, 0.3) is 0 Å². The fourth-order valence-corrected chi connectivity index (χ4v) is 4.79. The van der Waals surface area contributed by atoms with Gasteiger partial charge < -0.3 is 9.64 Å². The highest BCUT2D eigenvalue weighted by Gasteiger charge is 2.44. The van der Waals surface area contributed by atoms with E-state index in [4.69, 9.17) is 4.74 Å². The number of rotatable bonds is 7. The van der Waals surface area contributed by atoms with E-state index in [1.807, 2.05) is 30.3 Å². The molecule has 4 rings (SSSR count). The summed E-state index contributed by atoms with van der Waals surface area (Å²) in [6.07, 6.45) is 1.44. The average molecular weight is 457 g/mol. The molecule has 34 heavy (non-hydrogen) atoms. The molecular formula is C30H36N2O2. The smallest absolute Gasteiger partial charge is 0.241 e. The maximum Gasteiger partial charge on any atom is 0.241 e. The Balaban J connectivity index is 1.60. The van der Waals surface area contributed by atoms with E-state index >= 15 is 0 Å². The van der Waals surface area contributed by atoms with E-state index in [9.17, 15) is 4.79 Å². The van der Waals surface area contributed by atoms with Crippen LogP contribution in [0.4, 0.5) is 0 Å². The van der Waals surface area contributed by atoms with Gasteiger partial charge >= 0.3 is 0 Å². The Morgan fingerprint density at radius 2 is 1.50 bits per heavy atom. The Bertz CT molecular complexity index is 1090. The van der Waals surface area contributed by atoms with Crippen LogP contribution in [0.2, 0.25) is 0 Å². The Morgan fingerprint density at radius 3 is 2.09 bits per heavy atom. The summed E-state index contributed by atoms with van der Waals surface area (Å²) in [5.74, 6) is 1.05. The van der Waals surface area contributed by atoms with Gasteiger partial charge in [0.2, 0.25) is 5.91 Å². The van der Waals surface area contributed by atoms with Crippen LogP contribution in [0.3, 0.4) is 0 Å². The number of hydrogen-bond donors (Lipinski definition) is 0. The highest BCUT2D eigenvalue weighted by atomic mass is 16.5. The van der Waals surface area contributed by atoms with Crippen LogP contribution in [0, 0.1) is 0 Å². The third kappa shape index (κ3) is 5.18. The van der Waals surface area contributed by atoms with Crippen LogP contribution < -0.4 is 4.74 Å². The van der Waals surface area contributed by atoms with Crippen molar-refractivity contribution >= 4 is 5.91 Å². The summed E-state index contributed by atoms with van der Waals surface area (Å²) < 4.78 is 5.29. The minimum absolute atomic E-state index is 0.0755. The molecule has 1 aliphatic rings. The molecule has 0 saturated carbocycles. The normalized spacial score (nSPS) is 19.0. The molecule has 178 valence electrons. The van der Waals surface area contributed by atoms with E-state index in [-0.39, 0.29) is 23.5 Å². The molecule has 3 aromatic rings. The van der Waals surface area contributed by atoms with Gasteiger partial charge in [0, 0.05) is 6.54 Å². The predicted octanol–water partition coefficient (Wildman–Crippen LogP) is 5.62. The minimum atomic E-state index is -0.175. The highest BCUT2D eigenvalue weighted by molar-refractivity contribution is 5.85. The van der Waals surface area contributed by atoms with Crippen molar-refractivity contribution in [2.75, 3.05) is 20.7 Å². The summed E-state index contributed by atoms with van der Waals surface area (Å²) in [5, 5.41) is 0. The van der Waals surface area contributed by atoms with Crippen LogP contribution in [-0.4, -0.2) is 42.5 Å². The third-order valence-electron chi connectivity index (χ3n) is 6.89. The summed E-state index contributed by atoms with van der Waals surface area (Å²) in [6.45, 7) is 7.35. The van der Waals surface area contributed by atoms with Gasteiger partial charge in [-0.15, -0.1) is 0 Å². The van der Waals surface area contributed by atoms with Gasteiger partial charge in [-0.1, -0.05) is 87.5 Å². The molecule has 4 nitrogen and oxygen atoms in total. The first kappa shape index (κ1) is 24.0. The van der Waals surface area contributed by atoms with Crippen LogP contribution in [0.5, 0.6) is 5.75 Å². The van der Waals surface area contributed by atoms with E-state index in [1.165, 1.54) is 16.7 Å². The first-order valence-corrected chi connectivity index (χ1v) is 12.1. The molecule has 0 aliphatic carbocycles. The quantitative estimate of drug-likeness (QED) is 0.463. The molecule has 1 saturated heterocycles. The van der Waals surface area contributed by atoms with Crippen LogP contribution >= 0.6 is 0 Å². The second-order valence-electron chi connectivity index (χ2n) is 10.2. The van der Waals surface area contributed by atoms with Gasteiger partial charge in [0.15, 0.2) is 0 Å². The fourth-order valence-electron chi connectivity index (χ4n) is 4.79. The Kier molecular flexibility index (Phi) is 7.08. The van der Waals surface area contributed by atoms with Crippen LogP contribution in [-0.2, 0) is 23.1 Å². The first-order valence-electron chi connectivity index (χ1n) is 12.1. The molecular weight excluding hydrogens is 420 g/mol. The van der Waals surface area contributed by atoms with Crippen molar-refractivity contribution in [3.8, 4) is 5.75 Å². The van der Waals surface area contributed by atoms with Crippen molar-refractivity contribution in [3.63, 3.8) is 0 Å². The first-order chi connectivity index (χ1) is 16.3. The molecule has 0 aromatic heterocycles. The minimum Gasteiger partial charge on any atom is -0.497 e. The molecule has 2 atom stereocenters. The van der Waals surface area contributed by atoms with Crippen molar-refractivity contribution in [1.29, 1.82) is 0 Å². The van der Waals surface area contributed by atoms with E-state index < -0.39 is 0 Å². The predicted molar refractivity (Wildman–Crippen MR) is 138 cm³/mol. The van der Waals surface area contributed by atoms with E-state index in [2.05, 4.69) is 86.1 Å². The van der Waals surface area contributed by atoms with Crippen molar-refractivity contribution in [3.05, 3.63) is 101 Å². The molecule has 0 radical (unpaired) electrons. The standard InChI is InChI=1S/C30H36N2O2/c1-30(2,3)25-15-13-24(14-16-25)28-31(4)27(21-23-9-7-6-8-10-23)29(33)32(28)20-19-22-11-17-26(34-5)18-12-22/h6-18,27-28H,19-21H2,1-5H3. The molecule has 0 bridgehead atoms. The molecule has 0 spiro atoms. The lowest BCUT2D eigenvalue weighted by molar-refractivity contribution is -0.130. The Labute approximate surface area is 204 Å². The Morgan fingerprint density at radius 1 is 0.853 bits per heavy atom. The molecule has 1 fully saturated rings. The van der Waals surface area contributed by atoms with E-state index in [0.717, 1.165) is 17.7 Å². The zero-order valence-electron chi connectivity index (χ0n) is 21.0. The average Bonchev–Trinajstić information content (AvgIpc) is 3.07. The number of carbonyl (C=O) groups excluding carboxylic acids is 1. The second-order valence-corrected chi connectivity index (χ2v) is 10.2. The van der Waals surface area contributed by atoms with Gasteiger partial charge in [-0.25, -0.2) is 0 Å². The van der Waals surface area contributed by atoms with Gasteiger partial charge in [0.05, 0.1) is 13.2 Å². The van der Waals surface area contributed by atoms with Gasteiger partial charge in [0.1, 0.15) is 11.9 Å². The lowest BCUT2D eigenvalue weighted by Gasteiger charge is -2.30. The lowest BCUT2D eigenvalue weighted by Crippen LogP contribution is -2.33. The number of amides is 1. The SMILES string of the molecule is COc1ccc(CCN2C(=O)C(Cc3ccccc3)N(C)C2c2ccc(C(C)(C)C)cc2)cc1. The number of benzene rings is 3.